The van der Waals surface area contributed by atoms with E-state index >= 15 is 0 Å². The monoisotopic (exact) mass is 510 g/mol. The van der Waals surface area contributed by atoms with Crippen molar-refractivity contribution < 1.29 is 19.1 Å². The minimum absolute atomic E-state index is 0.0266. The molecule has 0 aromatic heterocycles. The molecule has 1 heterocycles. The highest BCUT2D eigenvalue weighted by molar-refractivity contribution is 7.80. The van der Waals surface area contributed by atoms with Crippen molar-refractivity contribution >= 4 is 70.0 Å². The van der Waals surface area contributed by atoms with Crippen LogP contribution in [-0.4, -0.2) is 35.5 Å². The minimum Gasteiger partial charge on any atom is -0.493 e. The number of rotatable bonds is 7. The molecule has 1 aliphatic heterocycles. The van der Waals surface area contributed by atoms with E-state index in [4.69, 9.17) is 56.5 Å². The maximum atomic E-state index is 12.7. The van der Waals surface area contributed by atoms with E-state index < -0.39 is 11.8 Å². The van der Waals surface area contributed by atoms with Gasteiger partial charge in [0.05, 0.1) is 22.2 Å². The standard InChI is InChI=1S/C22H17Cl3N2O4S/c1-3-6-27-21(29)14(20(28)26-22(27)32)7-13-9-17(25)19(18(10-13)30-2)31-11-12-4-5-15(23)16(24)8-12/h3-5,7-10H,1,6,11H2,2H3,(H,26,28,32)/b14-7+. The highest BCUT2D eigenvalue weighted by Crippen LogP contribution is 2.38. The largest absolute Gasteiger partial charge is 0.493 e. The van der Waals surface area contributed by atoms with E-state index in [1.807, 2.05) is 0 Å². The Bertz CT molecular complexity index is 1150. The van der Waals surface area contributed by atoms with Gasteiger partial charge in [0.15, 0.2) is 16.6 Å². The Kier molecular flexibility index (Phi) is 7.79. The highest BCUT2D eigenvalue weighted by Gasteiger charge is 2.32. The van der Waals surface area contributed by atoms with E-state index in [-0.39, 0.29) is 28.9 Å². The smallest absolute Gasteiger partial charge is 0.265 e. The van der Waals surface area contributed by atoms with Crippen LogP contribution in [-0.2, 0) is 16.2 Å². The lowest BCUT2D eigenvalue weighted by atomic mass is 10.1. The SMILES string of the molecule is C=CCN1C(=O)/C(=C/c2cc(Cl)c(OCc3ccc(Cl)c(Cl)c3)c(OC)c2)C(=O)NC1=S. The molecule has 32 heavy (non-hydrogen) atoms. The van der Waals surface area contributed by atoms with Gasteiger partial charge < -0.3 is 9.47 Å². The summed E-state index contributed by atoms with van der Waals surface area (Å²) in [5.74, 6) is -0.508. The van der Waals surface area contributed by atoms with E-state index in [2.05, 4.69) is 11.9 Å². The van der Waals surface area contributed by atoms with Gasteiger partial charge in [-0.15, -0.1) is 6.58 Å². The zero-order valence-corrected chi connectivity index (χ0v) is 19.9. The van der Waals surface area contributed by atoms with Gasteiger partial charge in [-0.2, -0.15) is 0 Å². The van der Waals surface area contributed by atoms with E-state index in [9.17, 15) is 9.59 Å². The van der Waals surface area contributed by atoms with Crippen molar-refractivity contribution in [2.24, 2.45) is 0 Å². The average Bonchev–Trinajstić information content (AvgIpc) is 2.75. The molecule has 0 bridgehead atoms. The number of nitrogens with zero attached hydrogens (tertiary/aromatic N) is 1. The molecule has 0 radical (unpaired) electrons. The van der Waals surface area contributed by atoms with Gasteiger partial charge in [-0.05, 0) is 53.7 Å². The number of amides is 2. The molecule has 0 saturated carbocycles. The molecule has 2 aromatic rings. The Hall–Kier alpha value is -2.58. The van der Waals surface area contributed by atoms with Crippen LogP contribution in [0.4, 0.5) is 0 Å². The second-order valence-corrected chi connectivity index (χ2v) is 8.20. The molecule has 1 aliphatic rings. The van der Waals surface area contributed by atoms with Crippen LogP contribution in [0.25, 0.3) is 6.08 Å². The molecule has 3 rings (SSSR count). The number of thiocarbonyl (C=S) groups is 1. The van der Waals surface area contributed by atoms with Crippen molar-refractivity contribution in [1.82, 2.24) is 10.2 Å². The van der Waals surface area contributed by atoms with Gasteiger partial charge >= 0.3 is 0 Å². The minimum atomic E-state index is -0.602. The van der Waals surface area contributed by atoms with Crippen LogP contribution in [0.2, 0.25) is 15.1 Å². The van der Waals surface area contributed by atoms with E-state index in [0.29, 0.717) is 27.1 Å². The third-order valence-electron chi connectivity index (χ3n) is 4.43. The maximum absolute atomic E-state index is 12.7. The number of benzene rings is 2. The highest BCUT2D eigenvalue weighted by atomic mass is 35.5. The van der Waals surface area contributed by atoms with Crippen molar-refractivity contribution in [2.75, 3.05) is 13.7 Å². The lowest BCUT2D eigenvalue weighted by Crippen LogP contribution is -2.53. The topological polar surface area (TPSA) is 67.9 Å². The molecular weight excluding hydrogens is 495 g/mol. The molecule has 1 fully saturated rings. The summed E-state index contributed by atoms with van der Waals surface area (Å²) in [7, 11) is 1.46. The summed E-state index contributed by atoms with van der Waals surface area (Å²) < 4.78 is 11.2. The van der Waals surface area contributed by atoms with Gasteiger partial charge in [0.2, 0.25) is 0 Å². The molecule has 0 aliphatic carbocycles. The van der Waals surface area contributed by atoms with Crippen molar-refractivity contribution in [2.45, 2.75) is 6.61 Å². The Balaban J connectivity index is 1.89. The summed E-state index contributed by atoms with van der Waals surface area (Å²) in [6.45, 7) is 3.93. The first-order valence-electron chi connectivity index (χ1n) is 9.19. The number of carbonyl (C=O) groups is 2. The van der Waals surface area contributed by atoms with Crippen LogP contribution in [0.5, 0.6) is 11.5 Å². The molecule has 6 nitrogen and oxygen atoms in total. The first-order chi connectivity index (χ1) is 15.2. The maximum Gasteiger partial charge on any atom is 0.265 e. The van der Waals surface area contributed by atoms with Gasteiger partial charge in [0.1, 0.15) is 12.2 Å². The molecule has 0 atom stereocenters. The molecular formula is C22H17Cl3N2O4S. The molecule has 0 spiro atoms. The van der Waals surface area contributed by atoms with Crippen molar-refractivity contribution in [3.05, 3.63) is 74.8 Å². The molecule has 2 amide bonds. The zero-order valence-electron chi connectivity index (χ0n) is 16.8. The Labute approximate surface area is 205 Å². The van der Waals surface area contributed by atoms with Crippen molar-refractivity contribution in [1.29, 1.82) is 0 Å². The molecule has 166 valence electrons. The predicted octanol–water partition coefficient (Wildman–Crippen LogP) is 5.05. The van der Waals surface area contributed by atoms with Crippen LogP contribution < -0.4 is 14.8 Å². The first-order valence-corrected chi connectivity index (χ1v) is 10.7. The van der Waals surface area contributed by atoms with Gasteiger partial charge in [-0.1, -0.05) is 46.9 Å². The zero-order chi connectivity index (χ0) is 23.4. The molecule has 2 aromatic carbocycles. The number of hydrogen-bond acceptors (Lipinski definition) is 5. The number of hydrogen-bond donors (Lipinski definition) is 1. The Morgan fingerprint density at radius 1 is 1.12 bits per heavy atom. The number of methoxy groups -OCH3 is 1. The fourth-order valence-electron chi connectivity index (χ4n) is 2.90. The molecule has 1 N–H and O–H groups in total. The molecule has 1 saturated heterocycles. The third-order valence-corrected chi connectivity index (χ3v) is 5.77. The van der Waals surface area contributed by atoms with E-state index in [1.54, 1.807) is 30.3 Å². The van der Waals surface area contributed by atoms with Crippen molar-refractivity contribution in [3.8, 4) is 11.5 Å². The molecule has 0 unspecified atom stereocenters. The normalized spacial score (nSPS) is 15.1. The van der Waals surface area contributed by atoms with Gasteiger partial charge in [-0.3, -0.25) is 19.8 Å². The fourth-order valence-corrected chi connectivity index (χ4v) is 3.75. The van der Waals surface area contributed by atoms with Gasteiger partial charge in [-0.25, -0.2) is 0 Å². The number of halogens is 3. The number of nitrogens with one attached hydrogen (secondary N) is 1. The Morgan fingerprint density at radius 2 is 1.88 bits per heavy atom. The quantitative estimate of drug-likeness (QED) is 0.244. The van der Waals surface area contributed by atoms with Crippen molar-refractivity contribution in [3.63, 3.8) is 0 Å². The number of carbonyl (C=O) groups excluding carboxylic acids is 2. The number of ether oxygens (including phenoxy) is 2. The van der Waals surface area contributed by atoms with Crippen LogP contribution in [0.15, 0.2) is 48.6 Å². The van der Waals surface area contributed by atoms with Crippen LogP contribution in [0.3, 0.4) is 0 Å². The lowest BCUT2D eigenvalue weighted by molar-refractivity contribution is -0.128. The molecule has 10 heteroatoms. The van der Waals surface area contributed by atoms with Gasteiger partial charge in [0, 0.05) is 6.54 Å². The summed E-state index contributed by atoms with van der Waals surface area (Å²) in [5.41, 5.74) is 1.16. The predicted molar refractivity (Wildman–Crippen MR) is 129 cm³/mol. The summed E-state index contributed by atoms with van der Waals surface area (Å²) >= 11 is 23.4. The van der Waals surface area contributed by atoms with Crippen LogP contribution in [0.1, 0.15) is 11.1 Å². The second kappa shape index (κ2) is 10.4. The first kappa shape index (κ1) is 24.1. The Morgan fingerprint density at radius 3 is 2.53 bits per heavy atom. The van der Waals surface area contributed by atoms with E-state index in [0.717, 1.165) is 5.56 Å². The summed E-state index contributed by atoms with van der Waals surface area (Å²) in [4.78, 5) is 26.3. The lowest BCUT2D eigenvalue weighted by Gasteiger charge is -2.27. The average molecular weight is 512 g/mol. The summed E-state index contributed by atoms with van der Waals surface area (Å²) in [6.07, 6.45) is 2.92. The fraction of sp³-hybridized carbons (Fsp3) is 0.136. The summed E-state index contributed by atoms with van der Waals surface area (Å²) in [6, 6.07) is 8.31. The summed E-state index contributed by atoms with van der Waals surface area (Å²) in [5, 5.41) is 3.60. The second-order valence-electron chi connectivity index (χ2n) is 6.59. The van der Waals surface area contributed by atoms with Gasteiger partial charge in [0.25, 0.3) is 11.8 Å². The van der Waals surface area contributed by atoms with Crippen LogP contribution >= 0.6 is 47.0 Å². The van der Waals surface area contributed by atoms with Crippen LogP contribution in [0, 0.1) is 0 Å². The van der Waals surface area contributed by atoms with E-state index in [1.165, 1.54) is 24.2 Å². The third kappa shape index (κ3) is 5.24.